The molecule has 0 aliphatic carbocycles. The van der Waals surface area contributed by atoms with Crippen LogP contribution in [0.5, 0.6) is 0 Å². The lowest BCUT2D eigenvalue weighted by Crippen LogP contribution is -3.00. The van der Waals surface area contributed by atoms with E-state index in [0.717, 1.165) is 19.6 Å². The first kappa shape index (κ1) is 61.0. The molecule has 0 N–H and O–H groups in total. The fourth-order valence-corrected chi connectivity index (χ4v) is 8.22. The van der Waals surface area contributed by atoms with Gasteiger partial charge in [-0.3, -0.25) is 19.2 Å². The Bertz CT molecular complexity index is 2170. The van der Waals surface area contributed by atoms with Crippen LogP contribution in [0.3, 0.4) is 0 Å². The molecule has 0 bridgehead atoms. The van der Waals surface area contributed by atoms with Crippen LogP contribution in [0, 0.1) is 29.1 Å². The number of ether oxygens (including phenoxy) is 4. The van der Waals surface area contributed by atoms with Crippen molar-refractivity contribution in [1.82, 2.24) is 19.6 Å². The van der Waals surface area contributed by atoms with E-state index in [4.69, 9.17) is 18.9 Å². The average Bonchev–Trinajstić information content (AvgIpc) is 3.30. The second-order valence-electron chi connectivity index (χ2n) is 20.0. The molecule has 19 heteroatoms. The van der Waals surface area contributed by atoms with Gasteiger partial charge in [-0.1, -0.05) is 97.9 Å². The van der Waals surface area contributed by atoms with Gasteiger partial charge in [-0.05, 0) is 74.3 Å². The number of benzene rings is 2. The van der Waals surface area contributed by atoms with Crippen molar-refractivity contribution in [2.75, 3.05) is 28.2 Å². The zero-order chi connectivity index (χ0) is 52.7. The number of diazo groups is 1. The van der Waals surface area contributed by atoms with E-state index in [1.165, 1.54) is 54.2 Å². The van der Waals surface area contributed by atoms with E-state index in [1.807, 2.05) is 55.4 Å². The lowest BCUT2D eigenvalue weighted by atomic mass is 10.00. The molecule has 4 amide bonds. The van der Waals surface area contributed by atoms with Crippen LogP contribution in [-0.4, -0.2) is 144 Å². The average molecular weight is 1010 g/mol. The lowest BCUT2D eigenvalue weighted by molar-refractivity contribution is -0.176. The van der Waals surface area contributed by atoms with Gasteiger partial charge in [0.15, 0.2) is 29.4 Å². The van der Waals surface area contributed by atoms with E-state index in [9.17, 15) is 43.7 Å². The maximum Gasteiger partial charge on any atom is 0.385 e. The van der Waals surface area contributed by atoms with Crippen LogP contribution >= 0.6 is 0 Å². The minimum atomic E-state index is -1.57. The summed E-state index contributed by atoms with van der Waals surface area (Å²) in [6, 6.07) is 9.84. The van der Waals surface area contributed by atoms with Crippen molar-refractivity contribution in [2.45, 2.75) is 156 Å². The molecule has 0 spiro atoms. The molecule has 8 unspecified atom stereocenters. The Labute approximate surface area is 425 Å². The minimum Gasteiger partial charge on any atom is -1.00 e. The Morgan fingerprint density at radius 2 is 0.732 bits per heavy atom. The number of cyclic esters (lactones) is 4. The molecule has 1 heterocycles. The summed E-state index contributed by atoms with van der Waals surface area (Å²) in [6.07, 6.45) is -5.98. The van der Waals surface area contributed by atoms with Gasteiger partial charge in [0.2, 0.25) is 5.39 Å². The maximum atomic E-state index is 14.7. The normalized spacial score (nSPS) is 24.4. The summed E-state index contributed by atoms with van der Waals surface area (Å²) in [5.41, 5.74) is 1.36. The molecule has 0 aromatic heterocycles. The molecular weight excluding hydrogens is 936 g/mol. The Balaban J connectivity index is 0.0000173. The minimum absolute atomic E-state index is 0. The number of esters is 4. The monoisotopic (exact) mass is 1010 g/mol. The molecule has 2 aromatic rings. The van der Waals surface area contributed by atoms with Gasteiger partial charge in [0, 0.05) is 53.2 Å². The third-order valence-corrected chi connectivity index (χ3v) is 12.2. The first-order chi connectivity index (χ1) is 32.8. The van der Waals surface area contributed by atoms with Crippen molar-refractivity contribution in [1.29, 1.82) is 5.39 Å². The van der Waals surface area contributed by atoms with Crippen LogP contribution in [0.25, 0.3) is 4.98 Å². The molecule has 2 aromatic carbocycles. The van der Waals surface area contributed by atoms with Gasteiger partial charge in [-0.25, -0.2) is 19.2 Å². The van der Waals surface area contributed by atoms with Crippen molar-refractivity contribution in [3.8, 4) is 0 Å². The predicted octanol–water partition coefficient (Wildman–Crippen LogP) is 3.15. The Hall–Kier alpha value is -6.09. The fraction of sp³-hybridized carbons (Fsp3) is 0.615. The van der Waals surface area contributed by atoms with E-state index < -0.39 is 96.1 Å². The number of likely N-dealkylation sites (N-methyl/N-ethyl adjacent to an activating group) is 4. The molecule has 71 heavy (non-hydrogen) atoms. The van der Waals surface area contributed by atoms with Crippen LogP contribution < -0.4 is 12.4 Å². The number of rotatable bonds is 12. The quantitative estimate of drug-likeness (QED) is 0.170. The number of carbonyl (C=O) groups is 8. The number of halogens is 1. The summed E-state index contributed by atoms with van der Waals surface area (Å²) in [5, 5.41) is 9.30. The van der Waals surface area contributed by atoms with Crippen LogP contribution in [0.4, 0.5) is 5.69 Å². The van der Waals surface area contributed by atoms with Crippen LogP contribution in [-0.2, 0) is 70.1 Å². The number of carbonyl (C=O) groups excluding carboxylic acids is 8. The van der Waals surface area contributed by atoms with E-state index >= 15 is 0 Å². The van der Waals surface area contributed by atoms with Crippen molar-refractivity contribution in [3.63, 3.8) is 0 Å². The second kappa shape index (κ2) is 28.1. The smallest absolute Gasteiger partial charge is 0.385 e. The third-order valence-electron chi connectivity index (χ3n) is 12.2. The largest absolute Gasteiger partial charge is 1.00 e. The second-order valence-corrected chi connectivity index (χ2v) is 20.0. The molecule has 0 saturated carbocycles. The Morgan fingerprint density at radius 1 is 0.451 bits per heavy atom. The first-order valence-electron chi connectivity index (χ1n) is 24.1. The summed E-state index contributed by atoms with van der Waals surface area (Å²) >= 11 is 0. The van der Waals surface area contributed by atoms with Crippen LogP contribution in [0.2, 0.25) is 0 Å². The summed E-state index contributed by atoms with van der Waals surface area (Å²) in [6.45, 7) is 17.4. The molecule has 8 atom stereocenters. The highest BCUT2D eigenvalue weighted by molar-refractivity contribution is 5.94. The van der Waals surface area contributed by atoms with Gasteiger partial charge in [0.05, 0.1) is 0 Å². The molecule has 1 fully saturated rings. The van der Waals surface area contributed by atoms with Gasteiger partial charge in [0.1, 0.15) is 24.2 Å². The fourth-order valence-electron chi connectivity index (χ4n) is 8.22. The van der Waals surface area contributed by atoms with E-state index in [0.29, 0.717) is 11.1 Å². The van der Waals surface area contributed by atoms with Gasteiger partial charge >= 0.3 is 29.6 Å². The molecule has 18 nitrogen and oxygen atoms in total. The molecule has 3 rings (SSSR count). The summed E-state index contributed by atoms with van der Waals surface area (Å²) in [4.78, 5) is 123. The number of hydrogen-bond donors (Lipinski definition) is 0. The molecular formula is C52H75ClN6O12. The summed E-state index contributed by atoms with van der Waals surface area (Å²) in [7, 11) is 5.47. The van der Waals surface area contributed by atoms with Gasteiger partial charge < -0.3 is 51.0 Å². The molecule has 0 radical (unpaired) electrons. The molecule has 1 saturated heterocycles. The number of amides is 4. The summed E-state index contributed by atoms with van der Waals surface area (Å²) in [5.74, 6) is -7.50. The zero-order valence-corrected chi connectivity index (χ0v) is 44.6. The van der Waals surface area contributed by atoms with Crippen molar-refractivity contribution < 1.29 is 69.7 Å². The van der Waals surface area contributed by atoms with Crippen molar-refractivity contribution in [3.05, 3.63) is 70.7 Å². The highest BCUT2D eigenvalue weighted by Gasteiger charge is 2.43. The molecule has 1 aliphatic heterocycles. The lowest BCUT2D eigenvalue weighted by Gasteiger charge is -2.35. The van der Waals surface area contributed by atoms with E-state index in [-0.39, 0.29) is 80.3 Å². The highest BCUT2D eigenvalue weighted by atomic mass is 35.5. The van der Waals surface area contributed by atoms with Crippen LogP contribution in [0.15, 0.2) is 54.6 Å². The third kappa shape index (κ3) is 17.6. The number of hydrogen-bond acceptors (Lipinski definition) is 13. The molecule has 392 valence electrons. The van der Waals surface area contributed by atoms with Gasteiger partial charge in [-0.15, -0.1) is 0 Å². The van der Waals surface area contributed by atoms with E-state index in [1.54, 1.807) is 42.5 Å². The maximum absolute atomic E-state index is 14.7. The summed E-state index contributed by atoms with van der Waals surface area (Å²) < 4.78 is 23.7. The zero-order valence-electron chi connectivity index (χ0n) is 43.8. The Kier molecular flexibility index (Phi) is 24.1. The molecule has 1 aliphatic rings. The first-order valence-corrected chi connectivity index (χ1v) is 24.1. The van der Waals surface area contributed by atoms with Gasteiger partial charge in [0.25, 0.3) is 23.6 Å². The predicted molar refractivity (Wildman–Crippen MR) is 260 cm³/mol. The topological polar surface area (TPSA) is 215 Å². The highest BCUT2D eigenvalue weighted by Crippen LogP contribution is 2.24. The SMILES string of the molecule is CC(C)CC1C(=O)OC(Cc2ccc([N+]#N)cc2)C(=O)N(C)C(CC(C)C)C(=O)OC(C)C(=O)N(C)C(CC(C)C)C(=O)OC(Cc2ccccc2)C(=O)N(C)C(CC(C)C)C(=O)OC(C)C(=O)N1C.[Cl-]. The van der Waals surface area contributed by atoms with E-state index in [2.05, 4.69) is 4.98 Å². The van der Waals surface area contributed by atoms with Crippen LogP contribution in [0.1, 0.15) is 106 Å². The van der Waals surface area contributed by atoms with Crippen molar-refractivity contribution >= 4 is 53.2 Å². The van der Waals surface area contributed by atoms with Gasteiger partial charge in [-0.2, -0.15) is 0 Å². The standard InChI is InChI=1S/C52H75N6O12.ClH/c1-30(2)24-39-49(63)67-35(10)46(60)56(12)42(27-33(7)8)52(66)70-44(29-37-20-22-38(54-53)23-21-37)48(62)58(14)40(25-31(3)4)50(64)68-34(9)45(59)55(11)41(26-32(5)6)51(65)69-43(47(61)57(39)13)28-36-18-16-15-17-19-36;/h15-23,30-35,39-44H,24-29H2,1-14H3;1H/q+1;/p-1. The van der Waals surface area contributed by atoms with Crippen molar-refractivity contribution in [2.24, 2.45) is 23.7 Å². The number of nitrogens with zero attached hydrogens (tertiary/aromatic N) is 6. The Morgan fingerprint density at radius 3 is 1.03 bits per heavy atom.